The van der Waals surface area contributed by atoms with E-state index in [-0.39, 0.29) is 11.7 Å². The summed E-state index contributed by atoms with van der Waals surface area (Å²) in [5.41, 5.74) is 3.88. The summed E-state index contributed by atoms with van der Waals surface area (Å²) in [4.78, 5) is 24.5. The zero-order chi connectivity index (χ0) is 22.2. The number of ether oxygens (including phenoxy) is 2. The normalized spacial score (nSPS) is 10.7. The number of rotatable bonds is 7. The molecule has 0 radical (unpaired) electrons. The minimum Gasteiger partial charge on any atom is -0.490 e. The van der Waals surface area contributed by atoms with Crippen molar-refractivity contribution in [1.29, 1.82) is 0 Å². The molecule has 0 fully saturated rings. The fourth-order valence-electron chi connectivity index (χ4n) is 2.53. The van der Waals surface area contributed by atoms with E-state index < -0.39 is 5.97 Å². The summed E-state index contributed by atoms with van der Waals surface area (Å²) in [5, 5.41) is 5.02. The minimum absolute atomic E-state index is 0.268. The summed E-state index contributed by atoms with van der Waals surface area (Å²) < 4.78 is 11.0. The van der Waals surface area contributed by atoms with Crippen LogP contribution in [0.25, 0.3) is 0 Å². The van der Waals surface area contributed by atoms with Gasteiger partial charge in [0.15, 0.2) is 11.5 Å². The Labute approximate surface area is 189 Å². The fourth-order valence-corrected chi connectivity index (χ4v) is 2.79. The third-order valence-corrected chi connectivity index (χ3v) is 4.54. The van der Waals surface area contributed by atoms with Gasteiger partial charge in [-0.05, 0) is 79.2 Å². The molecule has 3 aromatic rings. The Bertz CT molecular complexity index is 1100. The van der Waals surface area contributed by atoms with Gasteiger partial charge in [0, 0.05) is 15.6 Å². The molecule has 0 atom stereocenters. The van der Waals surface area contributed by atoms with Crippen molar-refractivity contribution in [2.75, 3.05) is 6.61 Å². The van der Waals surface area contributed by atoms with Crippen LogP contribution in [0.15, 0.2) is 71.8 Å². The molecule has 3 rings (SSSR count). The fraction of sp³-hybridized carbons (Fsp3) is 0.0870. The van der Waals surface area contributed by atoms with E-state index in [1.54, 1.807) is 66.7 Å². The number of halogens is 2. The van der Waals surface area contributed by atoms with Gasteiger partial charge in [0.05, 0.1) is 18.4 Å². The van der Waals surface area contributed by atoms with E-state index in [2.05, 4.69) is 10.5 Å². The smallest absolute Gasteiger partial charge is 0.343 e. The summed E-state index contributed by atoms with van der Waals surface area (Å²) in [6.07, 6.45) is 1.46. The van der Waals surface area contributed by atoms with Crippen molar-refractivity contribution in [2.24, 2.45) is 5.10 Å². The van der Waals surface area contributed by atoms with Crippen molar-refractivity contribution < 1.29 is 19.1 Å². The molecule has 6 nitrogen and oxygen atoms in total. The van der Waals surface area contributed by atoms with E-state index in [0.717, 1.165) is 0 Å². The highest BCUT2D eigenvalue weighted by Gasteiger charge is 2.13. The van der Waals surface area contributed by atoms with Crippen molar-refractivity contribution in [3.8, 4) is 11.5 Å². The number of nitrogens with zero attached hydrogens (tertiary/aromatic N) is 1. The quantitative estimate of drug-likeness (QED) is 0.224. The van der Waals surface area contributed by atoms with Crippen LogP contribution in [0, 0.1) is 0 Å². The average molecular weight is 457 g/mol. The number of esters is 1. The molecule has 31 heavy (non-hydrogen) atoms. The van der Waals surface area contributed by atoms with Crippen molar-refractivity contribution in [3.63, 3.8) is 0 Å². The molecule has 0 aliphatic heterocycles. The van der Waals surface area contributed by atoms with Crippen LogP contribution in [-0.4, -0.2) is 24.7 Å². The first kappa shape index (κ1) is 22.3. The van der Waals surface area contributed by atoms with Crippen LogP contribution in [0.3, 0.4) is 0 Å². The Hall–Kier alpha value is -3.35. The third kappa shape index (κ3) is 6.31. The zero-order valence-corrected chi connectivity index (χ0v) is 18.0. The molecule has 0 unspecified atom stereocenters. The number of hydrogen-bond donors (Lipinski definition) is 1. The number of amides is 1. The largest absolute Gasteiger partial charge is 0.490 e. The second kappa shape index (κ2) is 10.6. The lowest BCUT2D eigenvalue weighted by molar-refractivity contribution is 0.0728. The molecule has 0 heterocycles. The summed E-state index contributed by atoms with van der Waals surface area (Å²) in [6.45, 7) is 2.19. The van der Waals surface area contributed by atoms with Gasteiger partial charge in [-0.2, -0.15) is 5.10 Å². The Kier molecular flexibility index (Phi) is 7.65. The van der Waals surface area contributed by atoms with Crippen LogP contribution in [0.1, 0.15) is 33.2 Å². The maximum atomic E-state index is 12.4. The third-order valence-electron chi connectivity index (χ3n) is 4.04. The highest BCUT2D eigenvalue weighted by atomic mass is 35.5. The van der Waals surface area contributed by atoms with Crippen molar-refractivity contribution >= 4 is 41.3 Å². The lowest BCUT2D eigenvalue weighted by atomic mass is 10.2. The van der Waals surface area contributed by atoms with Crippen LogP contribution in [0.4, 0.5) is 0 Å². The summed E-state index contributed by atoms with van der Waals surface area (Å²) in [7, 11) is 0. The molecule has 0 saturated heterocycles. The topological polar surface area (TPSA) is 77.0 Å². The van der Waals surface area contributed by atoms with E-state index in [1.807, 2.05) is 6.92 Å². The van der Waals surface area contributed by atoms with Crippen LogP contribution in [0.2, 0.25) is 10.0 Å². The molecule has 0 aromatic heterocycles. The van der Waals surface area contributed by atoms with Crippen LogP contribution in [0.5, 0.6) is 11.5 Å². The van der Waals surface area contributed by atoms with E-state index in [1.165, 1.54) is 6.21 Å². The molecule has 1 amide bonds. The molecule has 1 N–H and O–H groups in total. The maximum Gasteiger partial charge on any atom is 0.343 e. The SMILES string of the molecule is CCOc1cc(/C=N/NC(=O)c2ccc(Cl)cc2)ccc1OC(=O)c1ccc(Cl)cc1. The predicted octanol–water partition coefficient (Wildman–Crippen LogP) is 5.38. The first-order chi connectivity index (χ1) is 15.0. The molecule has 158 valence electrons. The number of hydrogen-bond acceptors (Lipinski definition) is 5. The highest BCUT2D eigenvalue weighted by molar-refractivity contribution is 6.31. The molecular weight excluding hydrogens is 439 g/mol. The van der Waals surface area contributed by atoms with Gasteiger partial charge < -0.3 is 9.47 Å². The van der Waals surface area contributed by atoms with Gasteiger partial charge in [-0.15, -0.1) is 0 Å². The van der Waals surface area contributed by atoms with Gasteiger partial charge in [0.25, 0.3) is 5.91 Å². The minimum atomic E-state index is -0.533. The van der Waals surface area contributed by atoms with Gasteiger partial charge in [-0.25, -0.2) is 10.2 Å². The summed E-state index contributed by atoms with van der Waals surface area (Å²) in [6, 6.07) is 17.8. The Morgan fingerprint density at radius 2 is 1.52 bits per heavy atom. The Morgan fingerprint density at radius 3 is 2.13 bits per heavy atom. The number of hydrazone groups is 1. The van der Waals surface area contributed by atoms with Gasteiger partial charge in [-0.1, -0.05) is 23.2 Å². The molecule has 0 saturated carbocycles. The van der Waals surface area contributed by atoms with Gasteiger partial charge in [0.1, 0.15) is 0 Å². The van der Waals surface area contributed by atoms with E-state index in [4.69, 9.17) is 32.7 Å². The van der Waals surface area contributed by atoms with Gasteiger partial charge >= 0.3 is 5.97 Å². The standard InChI is InChI=1S/C23H18Cl2N2O4/c1-2-30-21-13-15(14-26-27-22(28)16-4-8-18(24)9-5-16)3-12-20(21)31-23(29)17-6-10-19(25)11-7-17/h3-14H,2H2,1H3,(H,27,28)/b26-14+. The number of carbonyl (C=O) groups excluding carboxylic acids is 2. The number of benzene rings is 3. The number of nitrogens with one attached hydrogen (secondary N) is 1. The average Bonchev–Trinajstić information content (AvgIpc) is 2.76. The Balaban J connectivity index is 1.69. The number of carbonyl (C=O) groups is 2. The molecular formula is C23H18Cl2N2O4. The van der Waals surface area contributed by atoms with E-state index >= 15 is 0 Å². The maximum absolute atomic E-state index is 12.4. The van der Waals surface area contributed by atoms with Crippen LogP contribution >= 0.6 is 23.2 Å². The van der Waals surface area contributed by atoms with E-state index in [0.29, 0.717) is 39.1 Å². The molecule has 3 aromatic carbocycles. The van der Waals surface area contributed by atoms with Crippen LogP contribution < -0.4 is 14.9 Å². The van der Waals surface area contributed by atoms with Gasteiger partial charge in [-0.3, -0.25) is 4.79 Å². The molecule has 0 aliphatic carbocycles. The zero-order valence-electron chi connectivity index (χ0n) is 16.5. The monoisotopic (exact) mass is 456 g/mol. The molecule has 8 heteroatoms. The summed E-state index contributed by atoms with van der Waals surface area (Å²) in [5.74, 6) is -0.261. The van der Waals surface area contributed by atoms with Crippen molar-refractivity contribution in [1.82, 2.24) is 5.43 Å². The van der Waals surface area contributed by atoms with E-state index in [9.17, 15) is 9.59 Å². The lowest BCUT2D eigenvalue weighted by Crippen LogP contribution is -2.17. The highest BCUT2D eigenvalue weighted by Crippen LogP contribution is 2.29. The molecule has 0 aliphatic rings. The van der Waals surface area contributed by atoms with Gasteiger partial charge in [0.2, 0.25) is 0 Å². The first-order valence-corrected chi connectivity index (χ1v) is 10.1. The second-order valence-electron chi connectivity index (χ2n) is 6.24. The predicted molar refractivity (Wildman–Crippen MR) is 121 cm³/mol. The molecule has 0 bridgehead atoms. The van der Waals surface area contributed by atoms with Crippen molar-refractivity contribution in [3.05, 3.63) is 93.5 Å². The first-order valence-electron chi connectivity index (χ1n) is 9.30. The van der Waals surface area contributed by atoms with Crippen LogP contribution in [-0.2, 0) is 0 Å². The second-order valence-corrected chi connectivity index (χ2v) is 7.11. The molecule has 0 spiro atoms. The summed E-state index contributed by atoms with van der Waals surface area (Å²) >= 11 is 11.7. The lowest BCUT2D eigenvalue weighted by Gasteiger charge is -2.11. The Morgan fingerprint density at radius 1 is 0.903 bits per heavy atom. The van der Waals surface area contributed by atoms with Crippen molar-refractivity contribution in [2.45, 2.75) is 6.92 Å².